The Morgan fingerprint density at radius 2 is 1.80 bits per heavy atom. The molecule has 0 radical (unpaired) electrons. The lowest BCUT2D eigenvalue weighted by molar-refractivity contribution is 0.474. The van der Waals surface area contributed by atoms with E-state index in [1.807, 2.05) is 39.8 Å². The van der Waals surface area contributed by atoms with Crippen LogP contribution in [-0.4, -0.2) is 11.7 Å². The number of azo groups is 1. The fraction of sp³-hybridized carbons (Fsp3) is 0.500. The van der Waals surface area contributed by atoms with Gasteiger partial charge in [0, 0.05) is 0 Å². The van der Waals surface area contributed by atoms with Crippen molar-refractivity contribution < 1.29 is 5.11 Å². The van der Waals surface area contributed by atoms with Gasteiger partial charge in [0.15, 0.2) is 0 Å². The van der Waals surface area contributed by atoms with Crippen molar-refractivity contribution in [2.45, 2.75) is 34.1 Å². The van der Waals surface area contributed by atoms with Crippen molar-refractivity contribution >= 4 is 5.69 Å². The molecule has 0 saturated carbocycles. The summed E-state index contributed by atoms with van der Waals surface area (Å²) >= 11 is 0. The third kappa shape index (κ3) is 3.70. The molecule has 1 aliphatic rings. The molecule has 0 aromatic heterocycles. The number of rotatable bonds is 0. The van der Waals surface area contributed by atoms with Gasteiger partial charge in [-0.05, 0) is 18.1 Å². The van der Waals surface area contributed by atoms with E-state index in [9.17, 15) is 5.11 Å². The molecule has 84 valence electrons. The lowest BCUT2D eigenvalue weighted by Crippen LogP contribution is -1.93. The van der Waals surface area contributed by atoms with E-state index in [1.54, 1.807) is 6.07 Å². The van der Waals surface area contributed by atoms with E-state index >= 15 is 0 Å². The number of nitrogens with zero attached hydrogens (tertiary/aromatic N) is 2. The molecule has 0 saturated heterocycles. The minimum Gasteiger partial charge on any atom is -0.506 e. The molecule has 1 heterocycles. The van der Waals surface area contributed by atoms with Crippen LogP contribution in [0.25, 0.3) is 0 Å². The van der Waals surface area contributed by atoms with Crippen molar-refractivity contribution in [3.8, 4) is 5.75 Å². The number of phenolic OH excluding ortho intramolecular Hbond substituents is 1. The summed E-state index contributed by atoms with van der Waals surface area (Å²) in [5.41, 5.74) is 1.72. The molecule has 0 atom stereocenters. The van der Waals surface area contributed by atoms with Gasteiger partial charge in [-0.25, -0.2) is 0 Å². The predicted molar refractivity (Wildman–Crippen MR) is 63.9 cm³/mol. The molecule has 1 aromatic carbocycles. The summed E-state index contributed by atoms with van der Waals surface area (Å²) in [7, 11) is 0. The summed E-state index contributed by atoms with van der Waals surface area (Å²) < 4.78 is 0. The summed E-state index contributed by atoms with van der Waals surface area (Å²) in [6, 6.07) is 5.42. The van der Waals surface area contributed by atoms with E-state index in [0.29, 0.717) is 5.69 Å². The van der Waals surface area contributed by atoms with Gasteiger partial charge in [0.05, 0.1) is 6.54 Å². The average Bonchev–Trinajstić information content (AvgIpc) is 2.35. The molecule has 1 aliphatic heterocycles. The van der Waals surface area contributed by atoms with E-state index < -0.39 is 0 Å². The zero-order valence-corrected chi connectivity index (χ0v) is 9.99. The summed E-state index contributed by atoms with van der Waals surface area (Å²) in [6.45, 7) is 8.73. The van der Waals surface area contributed by atoms with Crippen LogP contribution in [0.5, 0.6) is 5.75 Å². The van der Waals surface area contributed by atoms with Crippen molar-refractivity contribution in [2.24, 2.45) is 10.2 Å². The number of phenols is 1. The summed E-state index contributed by atoms with van der Waals surface area (Å²) in [5.74, 6) is 0.228. The van der Waals surface area contributed by atoms with Gasteiger partial charge >= 0.3 is 0 Å². The molecule has 0 fully saturated rings. The van der Waals surface area contributed by atoms with Crippen molar-refractivity contribution in [1.82, 2.24) is 0 Å². The standard InChI is InChI=1S/C8H8N2O.2C2H6/c11-7-3-1-2-6-4-5-9-10-8(6)7;2*1-2/h1-3,11H,4-5H2;2*1-2H3. The molecule has 3 heteroatoms. The first-order chi connectivity index (χ1) is 7.38. The first-order valence-electron chi connectivity index (χ1n) is 5.56. The molecule has 3 nitrogen and oxygen atoms in total. The quantitative estimate of drug-likeness (QED) is 0.685. The van der Waals surface area contributed by atoms with Gasteiger partial charge in [0.1, 0.15) is 11.4 Å². The van der Waals surface area contributed by atoms with Crippen molar-refractivity contribution in [2.75, 3.05) is 6.54 Å². The second-order valence-corrected chi connectivity index (χ2v) is 2.50. The fourth-order valence-electron chi connectivity index (χ4n) is 1.19. The van der Waals surface area contributed by atoms with Crippen LogP contribution in [0.15, 0.2) is 28.4 Å². The van der Waals surface area contributed by atoms with E-state index in [1.165, 1.54) is 0 Å². The van der Waals surface area contributed by atoms with E-state index in [0.717, 1.165) is 18.5 Å². The second-order valence-electron chi connectivity index (χ2n) is 2.50. The Balaban J connectivity index is 0.000000442. The largest absolute Gasteiger partial charge is 0.506 e. The van der Waals surface area contributed by atoms with Gasteiger partial charge in [-0.15, -0.1) is 0 Å². The Bertz CT molecular complexity index is 308. The Morgan fingerprint density at radius 3 is 2.40 bits per heavy atom. The van der Waals surface area contributed by atoms with Gasteiger partial charge in [-0.3, -0.25) is 0 Å². The van der Waals surface area contributed by atoms with E-state index in [2.05, 4.69) is 10.2 Å². The van der Waals surface area contributed by atoms with E-state index in [-0.39, 0.29) is 5.75 Å². The highest BCUT2D eigenvalue weighted by atomic mass is 16.3. The molecule has 15 heavy (non-hydrogen) atoms. The zero-order chi connectivity index (χ0) is 11.7. The highest BCUT2D eigenvalue weighted by molar-refractivity contribution is 5.57. The minimum absolute atomic E-state index is 0.228. The Kier molecular flexibility index (Phi) is 7.24. The van der Waals surface area contributed by atoms with Crippen LogP contribution in [0, 0.1) is 0 Å². The second kappa shape index (κ2) is 7.97. The van der Waals surface area contributed by atoms with Gasteiger partial charge in [0.2, 0.25) is 0 Å². The van der Waals surface area contributed by atoms with Crippen LogP contribution in [-0.2, 0) is 6.42 Å². The van der Waals surface area contributed by atoms with Crippen molar-refractivity contribution in [3.63, 3.8) is 0 Å². The summed E-state index contributed by atoms with van der Waals surface area (Å²) in [4.78, 5) is 0. The SMILES string of the molecule is CC.CC.Oc1cccc2c1N=NCC2. The maximum Gasteiger partial charge on any atom is 0.143 e. The van der Waals surface area contributed by atoms with Crippen molar-refractivity contribution in [3.05, 3.63) is 23.8 Å². The topological polar surface area (TPSA) is 45.0 Å². The van der Waals surface area contributed by atoms with Gasteiger partial charge in [-0.2, -0.15) is 10.2 Å². The average molecular weight is 208 g/mol. The molecule has 1 N–H and O–H groups in total. The number of benzene rings is 1. The maximum absolute atomic E-state index is 9.30. The summed E-state index contributed by atoms with van der Waals surface area (Å²) in [5, 5.41) is 17.0. The third-order valence-corrected chi connectivity index (χ3v) is 1.75. The smallest absolute Gasteiger partial charge is 0.143 e. The van der Waals surface area contributed by atoms with Crippen LogP contribution in [0.2, 0.25) is 0 Å². The molecule has 0 bridgehead atoms. The number of hydrogen-bond acceptors (Lipinski definition) is 3. The Labute approximate surface area is 91.9 Å². The monoisotopic (exact) mass is 208 g/mol. The predicted octanol–water partition coefficient (Wildman–Crippen LogP) is 4.08. The zero-order valence-electron chi connectivity index (χ0n) is 9.99. The van der Waals surface area contributed by atoms with Gasteiger partial charge < -0.3 is 5.11 Å². The highest BCUT2D eigenvalue weighted by Crippen LogP contribution is 2.32. The normalized spacial score (nSPS) is 11.5. The molecule has 2 rings (SSSR count). The number of fused-ring (bicyclic) bond motifs is 1. The van der Waals surface area contributed by atoms with Crippen LogP contribution in [0.1, 0.15) is 33.3 Å². The molecule has 0 unspecified atom stereocenters. The lowest BCUT2D eigenvalue weighted by atomic mass is 10.1. The van der Waals surface area contributed by atoms with Crippen LogP contribution in [0.4, 0.5) is 5.69 Å². The van der Waals surface area contributed by atoms with E-state index in [4.69, 9.17) is 0 Å². The molecule has 1 aromatic rings. The first-order valence-corrected chi connectivity index (χ1v) is 5.56. The fourth-order valence-corrected chi connectivity index (χ4v) is 1.19. The van der Waals surface area contributed by atoms with Gasteiger partial charge in [0.25, 0.3) is 0 Å². The Hall–Kier alpha value is -1.38. The molecular weight excluding hydrogens is 188 g/mol. The minimum atomic E-state index is 0.228. The number of aromatic hydroxyl groups is 1. The Morgan fingerprint density at radius 1 is 1.13 bits per heavy atom. The van der Waals surface area contributed by atoms with Crippen molar-refractivity contribution in [1.29, 1.82) is 0 Å². The highest BCUT2D eigenvalue weighted by Gasteiger charge is 2.09. The first kappa shape index (κ1) is 13.6. The van der Waals surface area contributed by atoms with Crippen LogP contribution < -0.4 is 0 Å². The molecule has 0 aliphatic carbocycles. The van der Waals surface area contributed by atoms with Gasteiger partial charge in [-0.1, -0.05) is 39.8 Å². The molecular formula is C12H20N2O. The lowest BCUT2D eigenvalue weighted by Gasteiger charge is -2.08. The summed E-state index contributed by atoms with van der Waals surface area (Å²) in [6.07, 6.45) is 0.882. The third-order valence-electron chi connectivity index (χ3n) is 1.75. The maximum atomic E-state index is 9.30. The van der Waals surface area contributed by atoms with Crippen LogP contribution >= 0.6 is 0 Å². The van der Waals surface area contributed by atoms with Crippen LogP contribution in [0.3, 0.4) is 0 Å². The molecule has 0 spiro atoms. The number of hydrogen-bond donors (Lipinski definition) is 1. The molecule has 0 amide bonds.